The zero-order chi connectivity index (χ0) is 23.3. The Morgan fingerprint density at radius 2 is 1.53 bits per heavy atom. The van der Waals surface area contributed by atoms with E-state index >= 15 is 0 Å². The Morgan fingerprint density at radius 3 is 2.06 bits per heavy atom. The average molecular weight is 454 g/mol. The fourth-order valence-electron chi connectivity index (χ4n) is 3.44. The molecule has 0 spiro atoms. The first kappa shape index (κ1) is 23.4. The van der Waals surface area contributed by atoms with Gasteiger partial charge in [0.1, 0.15) is 5.83 Å². The fourth-order valence-corrected chi connectivity index (χ4v) is 4.68. The van der Waals surface area contributed by atoms with Gasteiger partial charge in [-0.15, -0.1) is 0 Å². The molecule has 0 saturated heterocycles. The topological polar surface area (TPSA) is 72.5 Å². The second kappa shape index (κ2) is 9.89. The van der Waals surface area contributed by atoms with Gasteiger partial charge in [0.15, 0.2) is 0 Å². The smallest absolute Gasteiger partial charge is 0.337 e. The summed E-state index contributed by atoms with van der Waals surface area (Å²) < 4.78 is 48.5. The highest BCUT2D eigenvalue weighted by molar-refractivity contribution is 7.89. The number of methoxy groups -OCH3 is 1. The Bertz CT molecular complexity index is 1190. The number of nitrogens with one attached hydrogen (secondary N) is 1. The lowest BCUT2D eigenvalue weighted by molar-refractivity contribution is 0.0600. The van der Waals surface area contributed by atoms with Crippen LogP contribution in [0.4, 0.5) is 4.39 Å². The summed E-state index contributed by atoms with van der Waals surface area (Å²) in [6.07, 6.45) is 0. The highest BCUT2D eigenvalue weighted by Crippen LogP contribution is 2.38. The Labute approximate surface area is 187 Å². The van der Waals surface area contributed by atoms with Crippen LogP contribution in [0.3, 0.4) is 0 Å². The number of ether oxygens (including phenoxy) is 1. The first-order chi connectivity index (χ1) is 15.2. The number of hydrogen-bond acceptors (Lipinski definition) is 4. The van der Waals surface area contributed by atoms with Crippen molar-refractivity contribution in [3.8, 4) is 0 Å². The van der Waals surface area contributed by atoms with E-state index in [2.05, 4.69) is 11.3 Å². The van der Waals surface area contributed by atoms with E-state index < -0.39 is 33.8 Å². The van der Waals surface area contributed by atoms with Crippen LogP contribution in [0.2, 0.25) is 0 Å². The van der Waals surface area contributed by atoms with Crippen LogP contribution >= 0.6 is 0 Å². The Hall–Kier alpha value is -3.29. The number of benzene rings is 3. The van der Waals surface area contributed by atoms with Crippen LogP contribution < -0.4 is 4.72 Å². The lowest BCUT2D eigenvalue weighted by Gasteiger charge is -2.28. The Kier molecular flexibility index (Phi) is 7.22. The van der Waals surface area contributed by atoms with Crippen LogP contribution in [0.1, 0.15) is 39.0 Å². The van der Waals surface area contributed by atoms with Crippen molar-refractivity contribution in [2.75, 3.05) is 7.11 Å². The van der Waals surface area contributed by atoms with Gasteiger partial charge in [-0.1, -0.05) is 66.7 Å². The van der Waals surface area contributed by atoms with Crippen LogP contribution in [0.15, 0.2) is 96.2 Å². The maximum absolute atomic E-state index is 14.8. The predicted molar refractivity (Wildman–Crippen MR) is 121 cm³/mol. The van der Waals surface area contributed by atoms with Crippen LogP contribution in [-0.2, 0) is 14.8 Å². The zero-order valence-electron chi connectivity index (χ0n) is 17.8. The minimum absolute atomic E-state index is 0.0653. The molecular formula is C25H24FNO4S. The van der Waals surface area contributed by atoms with Crippen molar-refractivity contribution in [1.29, 1.82) is 0 Å². The van der Waals surface area contributed by atoms with E-state index in [0.29, 0.717) is 16.7 Å². The molecule has 32 heavy (non-hydrogen) atoms. The quantitative estimate of drug-likeness (QED) is 0.484. The Balaban J connectivity index is 2.09. The van der Waals surface area contributed by atoms with Crippen molar-refractivity contribution in [1.82, 2.24) is 4.72 Å². The van der Waals surface area contributed by atoms with Gasteiger partial charge in [0, 0.05) is 0 Å². The van der Waals surface area contributed by atoms with Gasteiger partial charge in [0.25, 0.3) is 0 Å². The maximum Gasteiger partial charge on any atom is 0.337 e. The van der Waals surface area contributed by atoms with Gasteiger partial charge in [-0.05, 0) is 42.3 Å². The van der Waals surface area contributed by atoms with Gasteiger partial charge in [0.05, 0.1) is 29.5 Å². The number of esters is 1. The maximum atomic E-state index is 14.8. The number of halogens is 1. The van der Waals surface area contributed by atoms with Crippen molar-refractivity contribution in [3.05, 3.63) is 114 Å². The zero-order valence-corrected chi connectivity index (χ0v) is 18.6. The van der Waals surface area contributed by atoms with Gasteiger partial charge in [-0.3, -0.25) is 0 Å². The van der Waals surface area contributed by atoms with Crippen molar-refractivity contribution in [2.45, 2.75) is 23.8 Å². The summed E-state index contributed by atoms with van der Waals surface area (Å²) >= 11 is 0. The summed E-state index contributed by atoms with van der Waals surface area (Å²) in [6, 6.07) is 20.3. The standard InChI is InChI=1S/C25H24FNO4S/c1-17-9-15-22(16-10-17)32(29,30)27-24(20-11-13-21(14-12-20)25(28)31-3)23(18(2)26)19-7-5-4-6-8-19/h4-16,23-24,27H,2H2,1,3H3. The lowest BCUT2D eigenvalue weighted by Crippen LogP contribution is -2.33. The summed E-state index contributed by atoms with van der Waals surface area (Å²) in [7, 11) is -2.72. The highest BCUT2D eigenvalue weighted by atomic mass is 32.2. The molecule has 0 radical (unpaired) electrons. The normalized spacial score (nSPS) is 13.2. The van der Waals surface area contributed by atoms with Crippen molar-refractivity contribution < 1.29 is 22.3 Å². The SMILES string of the molecule is C=C(F)C(c1ccccc1)C(NS(=O)(=O)c1ccc(C)cc1)c1ccc(C(=O)OC)cc1. The molecule has 0 bridgehead atoms. The van der Waals surface area contributed by atoms with Crippen molar-refractivity contribution in [3.63, 3.8) is 0 Å². The van der Waals surface area contributed by atoms with Gasteiger partial charge in [-0.2, -0.15) is 0 Å². The summed E-state index contributed by atoms with van der Waals surface area (Å²) in [6.45, 7) is 5.33. The van der Waals surface area contributed by atoms with Crippen LogP contribution in [0.25, 0.3) is 0 Å². The molecule has 0 heterocycles. The van der Waals surface area contributed by atoms with E-state index in [-0.39, 0.29) is 4.90 Å². The molecule has 5 nitrogen and oxygen atoms in total. The number of hydrogen-bond donors (Lipinski definition) is 1. The molecule has 3 rings (SSSR count). The molecule has 2 unspecified atom stereocenters. The molecule has 0 aliphatic carbocycles. The largest absolute Gasteiger partial charge is 0.465 e. The van der Waals surface area contributed by atoms with E-state index in [4.69, 9.17) is 4.74 Å². The molecule has 0 aliphatic heterocycles. The van der Waals surface area contributed by atoms with Crippen LogP contribution in [0, 0.1) is 6.92 Å². The third-order valence-corrected chi connectivity index (χ3v) is 6.59. The molecule has 3 aromatic carbocycles. The number of rotatable bonds is 8. The third-order valence-electron chi connectivity index (χ3n) is 5.13. The van der Waals surface area contributed by atoms with Crippen molar-refractivity contribution >= 4 is 16.0 Å². The molecule has 7 heteroatoms. The van der Waals surface area contributed by atoms with E-state index in [0.717, 1.165) is 5.56 Å². The van der Waals surface area contributed by atoms with Gasteiger partial charge in [0.2, 0.25) is 10.0 Å². The van der Waals surface area contributed by atoms with E-state index in [9.17, 15) is 17.6 Å². The first-order valence-corrected chi connectivity index (χ1v) is 11.4. The molecule has 0 saturated carbocycles. The molecule has 3 aromatic rings. The van der Waals surface area contributed by atoms with E-state index in [1.165, 1.54) is 31.4 Å². The predicted octanol–water partition coefficient (Wildman–Crippen LogP) is 5.07. The summed E-state index contributed by atoms with van der Waals surface area (Å²) in [5, 5.41) is 0. The Morgan fingerprint density at radius 1 is 0.938 bits per heavy atom. The number of carbonyl (C=O) groups is 1. The summed E-state index contributed by atoms with van der Waals surface area (Å²) in [4.78, 5) is 11.9. The molecule has 2 atom stereocenters. The number of carbonyl (C=O) groups excluding carboxylic acids is 1. The van der Waals surface area contributed by atoms with Crippen LogP contribution in [0.5, 0.6) is 0 Å². The second-order valence-corrected chi connectivity index (χ2v) is 9.07. The van der Waals surface area contributed by atoms with E-state index in [1.807, 2.05) is 6.92 Å². The first-order valence-electron chi connectivity index (χ1n) is 9.89. The van der Waals surface area contributed by atoms with Crippen LogP contribution in [-0.4, -0.2) is 21.5 Å². The molecule has 0 fully saturated rings. The third kappa shape index (κ3) is 5.30. The minimum Gasteiger partial charge on any atom is -0.465 e. The fraction of sp³-hybridized carbons (Fsp3) is 0.160. The number of sulfonamides is 1. The molecule has 166 valence electrons. The minimum atomic E-state index is -3.99. The van der Waals surface area contributed by atoms with E-state index in [1.54, 1.807) is 54.6 Å². The van der Waals surface area contributed by atoms with Gasteiger partial charge >= 0.3 is 5.97 Å². The summed E-state index contributed by atoms with van der Waals surface area (Å²) in [5.74, 6) is -2.20. The molecule has 0 aliphatic rings. The molecule has 0 aromatic heterocycles. The average Bonchev–Trinajstić information content (AvgIpc) is 2.79. The molecule has 1 N–H and O–H groups in total. The molecular weight excluding hydrogens is 429 g/mol. The molecule has 0 amide bonds. The van der Waals surface area contributed by atoms with Crippen molar-refractivity contribution in [2.24, 2.45) is 0 Å². The number of aryl methyl sites for hydroxylation is 1. The van der Waals surface area contributed by atoms with Gasteiger partial charge < -0.3 is 4.74 Å². The second-order valence-electron chi connectivity index (χ2n) is 7.36. The van der Waals surface area contributed by atoms with Gasteiger partial charge in [-0.25, -0.2) is 22.3 Å². The lowest BCUT2D eigenvalue weighted by atomic mass is 9.86. The summed E-state index contributed by atoms with van der Waals surface area (Å²) in [5.41, 5.74) is 2.25. The highest BCUT2D eigenvalue weighted by Gasteiger charge is 2.32. The monoisotopic (exact) mass is 453 g/mol.